The number of nitrogens with one attached hydrogen (secondary N) is 1. The third kappa shape index (κ3) is 4.41. The molecule has 2 aromatic carbocycles. The second kappa shape index (κ2) is 10.0. The molecule has 40 heavy (non-hydrogen) atoms. The number of fused-ring (bicyclic) bond motifs is 2. The van der Waals surface area contributed by atoms with Crippen LogP contribution in [0.15, 0.2) is 90.5 Å². The van der Waals surface area contributed by atoms with Gasteiger partial charge in [-0.25, -0.2) is 9.97 Å². The fraction of sp³-hybridized carbons (Fsp3) is 0.129. The van der Waals surface area contributed by atoms with E-state index in [0.29, 0.717) is 39.2 Å². The molecule has 0 bridgehead atoms. The van der Waals surface area contributed by atoms with E-state index in [9.17, 15) is 9.59 Å². The summed E-state index contributed by atoms with van der Waals surface area (Å²) in [6, 6.07) is 16.4. The third-order valence-electron chi connectivity index (χ3n) is 6.78. The van der Waals surface area contributed by atoms with Gasteiger partial charge in [0.05, 0.1) is 28.9 Å². The fourth-order valence-corrected chi connectivity index (χ4v) is 4.86. The molecule has 9 nitrogen and oxygen atoms in total. The summed E-state index contributed by atoms with van der Waals surface area (Å²) in [5.74, 6) is 5.94. The number of hydrogen-bond donors (Lipinski definition) is 1. The lowest BCUT2D eigenvalue weighted by atomic mass is 10.0. The summed E-state index contributed by atoms with van der Waals surface area (Å²) < 4.78 is 5.03. The van der Waals surface area contributed by atoms with Crippen LogP contribution in [0.4, 0.5) is 0 Å². The Labute approximate surface area is 229 Å². The van der Waals surface area contributed by atoms with Crippen LogP contribution in [-0.2, 0) is 7.05 Å². The quantitative estimate of drug-likeness (QED) is 0.350. The van der Waals surface area contributed by atoms with Crippen LogP contribution in [0.1, 0.15) is 45.8 Å². The highest BCUT2D eigenvalue weighted by atomic mass is 16.2. The molecule has 0 aliphatic heterocycles. The molecule has 1 amide bonds. The molecule has 4 heterocycles. The molecule has 0 aliphatic carbocycles. The van der Waals surface area contributed by atoms with Gasteiger partial charge in [0.1, 0.15) is 11.9 Å². The molecule has 0 saturated carbocycles. The zero-order valence-electron chi connectivity index (χ0n) is 22.2. The number of pyridine rings is 1. The van der Waals surface area contributed by atoms with Gasteiger partial charge < -0.3 is 5.32 Å². The maximum Gasteiger partial charge on any atom is 0.264 e. The minimum absolute atomic E-state index is 0.218. The largest absolute Gasteiger partial charge is 0.344 e. The first kappa shape index (κ1) is 24.8. The third-order valence-corrected chi connectivity index (χ3v) is 6.78. The van der Waals surface area contributed by atoms with E-state index in [0.717, 1.165) is 10.9 Å². The number of carbonyl (C=O) groups excluding carboxylic acids is 1. The van der Waals surface area contributed by atoms with Crippen molar-refractivity contribution in [2.45, 2.75) is 19.9 Å². The van der Waals surface area contributed by atoms with Gasteiger partial charge in [-0.2, -0.15) is 5.10 Å². The van der Waals surface area contributed by atoms with Crippen molar-refractivity contribution in [2.75, 3.05) is 0 Å². The lowest BCUT2D eigenvalue weighted by Gasteiger charge is -2.21. The van der Waals surface area contributed by atoms with Gasteiger partial charge in [0.2, 0.25) is 0 Å². The number of imidazole rings is 1. The van der Waals surface area contributed by atoms with Crippen molar-refractivity contribution in [3.63, 3.8) is 0 Å². The first-order chi connectivity index (χ1) is 19.4. The Balaban J connectivity index is 1.48. The molecule has 0 radical (unpaired) electrons. The Hall–Kier alpha value is -5.49. The van der Waals surface area contributed by atoms with Crippen molar-refractivity contribution in [3.05, 3.63) is 124 Å². The Bertz CT molecular complexity index is 2020. The highest BCUT2D eigenvalue weighted by Crippen LogP contribution is 2.24. The molecule has 1 atom stereocenters. The monoisotopic (exact) mass is 527 g/mol. The van der Waals surface area contributed by atoms with Gasteiger partial charge in [-0.05, 0) is 43.5 Å². The van der Waals surface area contributed by atoms with Crippen molar-refractivity contribution in [3.8, 4) is 17.5 Å². The van der Waals surface area contributed by atoms with E-state index in [1.54, 1.807) is 45.5 Å². The number of rotatable bonds is 4. The van der Waals surface area contributed by atoms with E-state index in [1.807, 2.05) is 74.8 Å². The lowest BCUT2D eigenvalue weighted by molar-refractivity contribution is 0.0938. The predicted molar refractivity (Wildman–Crippen MR) is 152 cm³/mol. The van der Waals surface area contributed by atoms with Gasteiger partial charge in [0.15, 0.2) is 5.65 Å². The van der Waals surface area contributed by atoms with E-state index in [-0.39, 0.29) is 11.5 Å². The van der Waals surface area contributed by atoms with Gasteiger partial charge in [-0.15, -0.1) is 0 Å². The summed E-state index contributed by atoms with van der Waals surface area (Å²) in [6.45, 7) is 3.64. The normalized spacial score (nSPS) is 11.8. The topological polar surface area (TPSA) is 99.1 Å². The molecule has 6 aromatic rings. The number of hydrogen-bond acceptors (Lipinski definition) is 5. The number of carbonyl (C=O) groups is 1. The summed E-state index contributed by atoms with van der Waals surface area (Å²) in [5, 5.41) is 8.48. The second-order valence-corrected chi connectivity index (χ2v) is 9.53. The highest BCUT2D eigenvalue weighted by molar-refractivity contribution is 6.01. The van der Waals surface area contributed by atoms with Crippen molar-refractivity contribution >= 4 is 22.3 Å². The molecule has 0 unspecified atom stereocenters. The van der Waals surface area contributed by atoms with Crippen LogP contribution in [0.3, 0.4) is 0 Å². The first-order valence-electron chi connectivity index (χ1n) is 12.7. The highest BCUT2D eigenvalue weighted by Gasteiger charge is 2.22. The van der Waals surface area contributed by atoms with Gasteiger partial charge in [-0.1, -0.05) is 42.2 Å². The number of para-hydroxylation sites is 1. The summed E-state index contributed by atoms with van der Waals surface area (Å²) >= 11 is 0. The smallest absolute Gasteiger partial charge is 0.264 e. The molecule has 4 aromatic heterocycles. The van der Waals surface area contributed by atoms with E-state index in [1.165, 1.54) is 0 Å². The summed E-state index contributed by atoms with van der Waals surface area (Å²) in [7, 11) is 1.83. The predicted octanol–water partition coefficient (Wildman–Crippen LogP) is 3.97. The number of nitrogens with zero attached hydrogens (tertiary/aromatic N) is 6. The molecular weight excluding hydrogens is 502 g/mol. The minimum atomic E-state index is -0.524. The van der Waals surface area contributed by atoms with E-state index < -0.39 is 6.04 Å². The molecule has 0 saturated heterocycles. The Morgan fingerprint density at radius 1 is 1.05 bits per heavy atom. The maximum atomic E-state index is 14.2. The zero-order chi connectivity index (χ0) is 27.8. The molecule has 196 valence electrons. The SMILES string of the molecule is Cc1ncn2ccnc2c1C(=O)N[C@H](C)c1cc2cccc(C#Cc3cnn(C)c3)c2c(=O)n1-c1ccccc1. The maximum absolute atomic E-state index is 14.2. The first-order valence-corrected chi connectivity index (χ1v) is 12.7. The standard InChI is InChI=1S/C31H25N7O2/c1-20(35-30(39)27-21(2)33-19-37-15-14-32-29(27)37)26-16-24-9-7-8-23(13-12-22-17-34-36(3)18-22)28(24)31(40)38(26)25-10-5-4-6-11-25/h4-11,14-20H,1-3H3,(H,35,39)/t20-/m1/s1. The summed E-state index contributed by atoms with van der Waals surface area (Å²) in [5.41, 5.74) is 3.96. The van der Waals surface area contributed by atoms with Gasteiger partial charge in [-0.3, -0.25) is 23.2 Å². The second-order valence-electron chi connectivity index (χ2n) is 9.53. The average molecular weight is 528 g/mol. The molecule has 0 spiro atoms. The summed E-state index contributed by atoms with van der Waals surface area (Å²) in [6.07, 6.45) is 8.51. The van der Waals surface area contributed by atoms with Crippen molar-refractivity contribution < 1.29 is 4.79 Å². The van der Waals surface area contributed by atoms with Crippen molar-refractivity contribution in [1.82, 2.24) is 34.0 Å². The van der Waals surface area contributed by atoms with Crippen LogP contribution in [-0.4, -0.2) is 34.6 Å². The molecular formula is C31H25N7O2. The molecule has 1 N–H and O–H groups in total. The summed E-state index contributed by atoms with van der Waals surface area (Å²) in [4.78, 5) is 36.4. The number of aromatic nitrogens is 6. The van der Waals surface area contributed by atoms with Crippen LogP contribution in [0.2, 0.25) is 0 Å². The van der Waals surface area contributed by atoms with Gasteiger partial charge in [0, 0.05) is 42.6 Å². The number of amides is 1. The number of benzene rings is 2. The molecule has 0 fully saturated rings. The fourth-order valence-electron chi connectivity index (χ4n) is 4.86. The molecule has 9 heteroatoms. The van der Waals surface area contributed by atoms with Crippen LogP contribution >= 0.6 is 0 Å². The minimum Gasteiger partial charge on any atom is -0.344 e. The van der Waals surface area contributed by atoms with Crippen molar-refractivity contribution in [2.24, 2.45) is 7.05 Å². The van der Waals surface area contributed by atoms with Gasteiger partial charge in [0.25, 0.3) is 11.5 Å². The Morgan fingerprint density at radius 2 is 1.88 bits per heavy atom. The Kier molecular flexibility index (Phi) is 6.21. The zero-order valence-corrected chi connectivity index (χ0v) is 22.2. The Morgan fingerprint density at radius 3 is 2.65 bits per heavy atom. The average Bonchev–Trinajstić information content (AvgIpc) is 3.60. The van der Waals surface area contributed by atoms with E-state index in [2.05, 4.69) is 32.2 Å². The van der Waals surface area contributed by atoms with Crippen LogP contribution in [0.25, 0.3) is 22.1 Å². The van der Waals surface area contributed by atoms with E-state index in [4.69, 9.17) is 0 Å². The van der Waals surface area contributed by atoms with Crippen LogP contribution < -0.4 is 10.9 Å². The van der Waals surface area contributed by atoms with Crippen LogP contribution in [0.5, 0.6) is 0 Å². The van der Waals surface area contributed by atoms with Crippen molar-refractivity contribution in [1.29, 1.82) is 0 Å². The van der Waals surface area contributed by atoms with Crippen LogP contribution in [0, 0.1) is 18.8 Å². The molecule has 6 rings (SSSR count). The number of aryl methyl sites for hydroxylation is 2. The molecule has 0 aliphatic rings. The van der Waals surface area contributed by atoms with Gasteiger partial charge >= 0.3 is 0 Å². The van der Waals surface area contributed by atoms with E-state index >= 15 is 0 Å². The lowest BCUT2D eigenvalue weighted by Crippen LogP contribution is -2.33.